The number of aromatic nitrogens is 4. The molecule has 1 aromatic carbocycles. The molecule has 3 aromatic rings. The van der Waals surface area contributed by atoms with Crippen LogP contribution in [0, 0.1) is 6.92 Å². The Balaban J connectivity index is 2.26. The highest BCUT2D eigenvalue weighted by Crippen LogP contribution is 2.18. The lowest BCUT2D eigenvalue weighted by Crippen LogP contribution is -2.37. The fourth-order valence-corrected chi connectivity index (χ4v) is 2.91. The van der Waals surface area contributed by atoms with Crippen molar-refractivity contribution in [1.82, 2.24) is 18.7 Å². The van der Waals surface area contributed by atoms with Crippen LogP contribution in [0.4, 0.5) is 0 Å². The lowest BCUT2D eigenvalue weighted by Gasteiger charge is -2.08. The molecule has 0 radical (unpaired) electrons. The van der Waals surface area contributed by atoms with E-state index in [2.05, 4.69) is 20.9 Å². The molecule has 0 atom stereocenters. The number of imidazole rings is 1. The molecular formula is C15H15BrN4O2. The largest absolute Gasteiger partial charge is 0.332 e. The van der Waals surface area contributed by atoms with Crippen molar-refractivity contribution in [3.63, 3.8) is 0 Å². The van der Waals surface area contributed by atoms with Crippen LogP contribution in [0.1, 0.15) is 11.1 Å². The molecule has 6 nitrogen and oxygen atoms in total. The maximum absolute atomic E-state index is 12.4. The van der Waals surface area contributed by atoms with Crippen LogP contribution in [0.2, 0.25) is 0 Å². The summed E-state index contributed by atoms with van der Waals surface area (Å²) in [5.41, 5.74) is 2.30. The molecule has 0 spiro atoms. The molecule has 3 rings (SSSR count). The predicted molar refractivity (Wildman–Crippen MR) is 88.2 cm³/mol. The highest BCUT2D eigenvalue weighted by atomic mass is 79.9. The SMILES string of the molecule is Cc1ccc(Cn2c(Br)nc3c2c(=O)n(C)c(=O)n3C)cc1. The minimum Gasteiger partial charge on any atom is -0.308 e. The average Bonchev–Trinajstić information content (AvgIpc) is 2.82. The Morgan fingerprint density at radius 1 is 1.09 bits per heavy atom. The van der Waals surface area contributed by atoms with Crippen molar-refractivity contribution in [2.75, 3.05) is 0 Å². The smallest absolute Gasteiger partial charge is 0.308 e. The van der Waals surface area contributed by atoms with Gasteiger partial charge in [0.2, 0.25) is 0 Å². The highest BCUT2D eigenvalue weighted by Gasteiger charge is 2.17. The van der Waals surface area contributed by atoms with Crippen molar-refractivity contribution in [2.24, 2.45) is 14.1 Å². The highest BCUT2D eigenvalue weighted by molar-refractivity contribution is 9.10. The molecule has 2 aromatic heterocycles. The van der Waals surface area contributed by atoms with Gasteiger partial charge in [-0.25, -0.2) is 9.78 Å². The Morgan fingerprint density at radius 3 is 2.36 bits per heavy atom. The summed E-state index contributed by atoms with van der Waals surface area (Å²) in [7, 11) is 3.08. The van der Waals surface area contributed by atoms with Gasteiger partial charge in [-0.05, 0) is 28.4 Å². The number of rotatable bonds is 2. The Kier molecular flexibility index (Phi) is 3.52. The van der Waals surface area contributed by atoms with Gasteiger partial charge >= 0.3 is 5.69 Å². The Hall–Kier alpha value is -2.15. The lowest BCUT2D eigenvalue weighted by molar-refractivity contribution is 0.702. The van der Waals surface area contributed by atoms with Gasteiger partial charge in [0.15, 0.2) is 15.9 Å². The normalized spacial score (nSPS) is 11.3. The predicted octanol–water partition coefficient (Wildman–Crippen LogP) is 1.55. The van der Waals surface area contributed by atoms with E-state index in [1.165, 1.54) is 17.2 Å². The fourth-order valence-electron chi connectivity index (χ4n) is 2.44. The van der Waals surface area contributed by atoms with Crippen molar-refractivity contribution >= 4 is 27.1 Å². The quantitative estimate of drug-likeness (QED) is 0.649. The third kappa shape index (κ3) is 2.21. The summed E-state index contributed by atoms with van der Waals surface area (Å²) in [4.78, 5) is 28.7. The third-order valence-electron chi connectivity index (χ3n) is 3.76. The first-order chi connectivity index (χ1) is 10.4. The van der Waals surface area contributed by atoms with E-state index in [1.54, 1.807) is 11.6 Å². The summed E-state index contributed by atoms with van der Waals surface area (Å²) in [6.45, 7) is 2.53. The maximum Gasteiger partial charge on any atom is 0.332 e. The number of hydrogen-bond acceptors (Lipinski definition) is 3. The summed E-state index contributed by atoms with van der Waals surface area (Å²) < 4.78 is 4.79. The molecule has 114 valence electrons. The van der Waals surface area contributed by atoms with Crippen LogP contribution in [0.25, 0.3) is 11.2 Å². The molecule has 0 aliphatic carbocycles. The van der Waals surface area contributed by atoms with Gasteiger partial charge in [0.1, 0.15) is 0 Å². The summed E-state index contributed by atoms with van der Waals surface area (Å²) in [6.07, 6.45) is 0. The molecule has 7 heteroatoms. The van der Waals surface area contributed by atoms with E-state index in [0.717, 1.165) is 10.1 Å². The standard InChI is InChI=1S/C15H15BrN4O2/c1-9-4-6-10(7-5-9)8-20-11-12(17-14(20)16)18(2)15(22)19(3)13(11)21/h4-7H,8H2,1-3H3. The zero-order chi connectivity index (χ0) is 16.0. The van der Waals surface area contributed by atoms with E-state index < -0.39 is 0 Å². The van der Waals surface area contributed by atoms with Gasteiger partial charge in [-0.3, -0.25) is 13.9 Å². The van der Waals surface area contributed by atoms with Gasteiger partial charge < -0.3 is 4.57 Å². The topological polar surface area (TPSA) is 61.8 Å². The molecule has 0 fully saturated rings. The van der Waals surface area contributed by atoms with Crippen molar-refractivity contribution in [3.8, 4) is 0 Å². The van der Waals surface area contributed by atoms with Gasteiger partial charge in [-0.15, -0.1) is 0 Å². The lowest BCUT2D eigenvalue weighted by atomic mass is 10.1. The van der Waals surface area contributed by atoms with Gasteiger partial charge in [-0.2, -0.15) is 0 Å². The van der Waals surface area contributed by atoms with Gasteiger partial charge in [0.05, 0.1) is 6.54 Å². The van der Waals surface area contributed by atoms with E-state index in [1.807, 2.05) is 31.2 Å². The number of nitrogens with zero attached hydrogens (tertiary/aromatic N) is 4. The monoisotopic (exact) mass is 362 g/mol. The van der Waals surface area contributed by atoms with Crippen LogP contribution in [0.5, 0.6) is 0 Å². The summed E-state index contributed by atoms with van der Waals surface area (Å²) in [6, 6.07) is 8.08. The number of aryl methyl sites for hydroxylation is 2. The summed E-state index contributed by atoms with van der Waals surface area (Å²) in [5.74, 6) is 0. The molecular weight excluding hydrogens is 348 g/mol. The zero-order valence-electron chi connectivity index (χ0n) is 12.5. The van der Waals surface area contributed by atoms with Crippen LogP contribution < -0.4 is 11.2 Å². The van der Waals surface area contributed by atoms with Gasteiger partial charge in [0, 0.05) is 14.1 Å². The molecule has 0 aliphatic rings. The minimum absolute atomic E-state index is 0.344. The second-order valence-corrected chi connectivity index (χ2v) is 6.04. The van der Waals surface area contributed by atoms with Crippen LogP contribution in [-0.4, -0.2) is 18.7 Å². The van der Waals surface area contributed by atoms with Crippen LogP contribution >= 0.6 is 15.9 Å². The summed E-state index contributed by atoms with van der Waals surface area (Å²) in [5, 5.41) is 0. The number of benzene rings is 1. The van der Waals surface area contributed by atoms with Crippen molar-refractivity contribution in [1.29, 1.82) is 0 Å². The van der Waals surface area contributed by atoms with Gasteiger partial charge in [0.25, 0.3) is 5.56 Å². The van der Waals surface area contributed by atoms with Crippen molar-refractivity contribution in [2.45, 2.75) is 13.5 Å². The van der Waals surface area contributed by atoms with Crippen LogP contribution in [-0.2, 0) is 20.6 Å². The first-order valence-electron chi connectivity index (χ1n) is 6.77. The first kappa shape index (κ1) is 14.8. The van der Waals surface area contributed by atoms with Gasteiger partial charge in [-0.1, -0.05) is 29.8 Å². The number of fused-ring (bicyclic) bond motifs is 1. The maximum atomic E-state index is 12.4. The number of halogens is 1. The summed E-state index contributed by atoms with van der Waals surface area (Å²) >= 11 is 3.39. The second-order valence-electron chi connectivity index (χ2n) is 5.33. The molecule has 2 heterocycles. The molecule has 22 heavy (non-hydrogen) atoms. The third-order valence-corrected chi connectivity index (χ3v) is 4.37. The van der Waals surface area contributed by atoms with E-state index in [9.17, 15) is 9.59 Å². The molecule has 0 unspecified atom stereocenters. The molecule has 0 amide bonds. The molecule has 0 saturated carbocycles. The molecule has 0 N–H and O–H groups in total. The van der Waals surface area contributed by atoms with E-state index in [0.29, 0.717) is 22.4 Å². The van der Waals surface area contributed by atoms with E-state index >= 15 is 0 Å². The average molecular weight is 363 g/mol. The second kappa shape index (κ2) is 5.24. The fraction of sp³-hybridized carbons (Fsp3) is 0.267. The van der Waals surface area contributed by atoms with E-state index in [4.69, 9.17) is 0 Å². The van der Waals surface area contributed by atoms with Crippen LogP contribution in [0.3, 0.4) is 0 Å². The minimum atomic E-state index is -0.384. The molecule has 0 saturated heterocycles. The molecule has 0 aliphatic heterocycles. The first-order valence-corrected chi connectivity index (χ1v) is 7.56. The Bertz CT molecular complexity index is 980. The Morgan fingerprint density at radius 2 is 1.73 bits per heavy atom. The van der Waals surface area contributed by atoms with E-state index in [-0.39, 0.29) is 11.2 Å². The zero-order valence-corrected chi connectivity index (χ0v) is 14.1. The van der Waals surface area contributed by atoms with Crippen LogP contribution in [0.15, 0.2) is 38.6 Å². The number of hydrogen-bond donors (Lipinski definition) is 0. The Labute approximate surface area is 134 Å². The molecule has 0 bridgehead atoms. The van der Waals surface area contributed by atoms with Crippen molar-refractivity contribution in [3.05, 3.63) is 61.0 Å². The van der Waals surface area contributed by atoms with Crippen molar-refractivity contribution < 1.29 is 0 Å².